The van der Waals surface area contributed by atoms with Crippen molar-refractivity contribution in [3.8, 4) is 5.75 Å². The molecule has 1 aliphatic heterocycles. The van der Waals surface area contributed by atoms with E-state index in [1.165, 1.54) is 11.1 Å². The Balaban J connectivity index is 1.67. The van der Waals surface area contributed by atoms with E-state index in [1.54, 1.807) is 11.8 Å². The average molecular weight is 281 g/mol. The number of carbonyl (C=O) groups is 1. The first-order valence-electron chi connectivity index (χ1n) is 6.47. The Morgan fingerprint density at radius 3 is 3.11 bits per heavy atom. The number of carboxylic acid groups (broad SMARTS) is 1. The molecule has 1 unspecified atom stereocenters. The van der Waals surface area contributed by atoms with Gasteiger partial charge < -0.3 is 15.6 Å². The van der Waals surface area contributed by atoms with Gasteiger partial charge in [0.25, 0.3) is 0 Å². The van der Waals surface area contributed by atoms with Crippen LogP contribution < -0.4 is 10.5 Å². The quantitative estimate of drug-likeness (QED) is 0.744. The first kappa shape index (κ1) is 14.2. The number of aryl methyl sites for hydroxylation is 1. The highest BCUT2D eigenvalue weighted by molar-refractivity contribution is 7.99. The molecule has 1 aromatic rings. The molecule has 3 N–H and O–H groups in total. The van der Waals surface area contributed by atoms with Crippen molar-refractivity contribution >= 4 is 17.7 Å². The van der Waals surface area contributed by atoms with Crippen molar-refractivity contribution in [3.05, 3.63) is 29.3 Å². The largest absolute Gasteiger partial charge is 0.493 e. The summed E-state index contributed by atoms with van der Waals surface area (Å²) in [7, 11) is 0. The van der Waals surface area contributed by atoms with Gasteiger partial charge in [0.1, 0.15) is 11.8 Å². The molecule has 0 radical (unpaired) electrons. The van der Waals surface area contributed by atoms with Crippen LogP contribution in [0.25, 0.3) is 0 Å². The molecule has 0 aromatic heterocycles. The standard InChI is InChI=1S/C14H19NO3S/c15-12(14(16)17)5-8-19-7-4-10-1-2-13-11(9-10)3-6-18-13/h1-2,9,12H,3-8,15H2,(H,16,17). The zero-order valence-corrected chi connectivity index (χ0v) is 11.6. The molecule has 5 heteroatoms. The molecule has 0 aliphatic carbocycles. The number of carboxylic acids is 1. The van der Waals surface area contributed by atoms with Crippen LogP contribution in [-0.2, 0) is 17.6 Å². The van der Waals surface area contributed by atoms with Crippen LogP contribution in [0.4, 0.5) is 0 Å². The lowest BCUT2D eigenvalue weighted by Gasteiger charge is -2.06. The van der Waals surface area contributed by atoms with Gasteiger partial charge in [-0.25, -0.2) is 0 Å². The predicted octanol–water partition coefficient (Wildman–Crippen LogP) is 1.70. The molecule has 0 bridgehead atoms. The number of thioether (sulfide) groups is 1. The molecule has 0 amide bonds. The zero-order chi connectivity index (χ0) is 13.7. The van der Waals surface area contributed by atoms with E-state index < -0.39 is 12.0 Å². The normalized spacial score (nSPS) is 14.8. The Morgan fingerprint density at radius 1 is 1.47 bits per heavy atom. The number of hydrogen-bond acceptors (Lipinski definition) is 4. The minimum atomic E-state index is -0.917. The van der Waals surface area contributed by atoms with Gasteiger partial charge in [-0.1, -0.05) is 12.1 Å². The molecule has 1 atom stereocenters. The van der Waals surface area contributed by atoms with Gasteiger partial charge in [0.2, 0.25) is 0 Å². The van der Waals surface area contributed by atoms with E-state index in [0.29, 0.717) is 6.42 Å². The molecule has 0 fully saturated rings. The highest BCUT2D eigenvalue weighted by Crippen LogP contribution is 2.26. The Morgan fingerprint density at radius 2 is 2.32 bits per heavy atom. The number of fused-ring (bicyclic) bond motifs is 1. The van der Waals surface area contributed by atoms with Gasteiger partial charge in [-0.15, -0.1) is 0 Å². The van der Waals surface area contributed by atoms with Crippen LogP contribution in [-0.4, -0.2) is 35.2 Å². The van der Waals surface area contributed by atoms with Gasteiger partial charge in [-0.05, 0) is 41.5 Å². The fourth-order valence-electron chi connectivity index (χ4n) is 2.02. The summed E-state index contributed by atoms with van der Waals surface area (Å²) in [4.78, 5) is 10.5. The highest BCUT2D eigenvalue weighted by atomic mass is 32.2. The maximum absolute atomic E-state index is 10.5. The van der Waals surface area contributed by atoms with E-state index in [2.05, 4.69) is 12.1 Å². The van der Waals surface area contributed by atoms with Gasteiger partial charge in [0, 0.05) is 6.42 Å². The lowest BCUT2D eigenvalue weighted by molar-refractivity contribution is -0.138. The molecule has 1 heterocycles. The molecule has 4 nitrogen and oxygen atoms in total. The van der Waals surface area contributed by atoms with Crippen molar-refractivity contribution in [1.82, 2.24) is 0 Å². The SMILES string of the molecule is NC(CCSCCc1ccc2c(c1)CCO2)C(=O)O. The second-order valence-electron chi connectivity index (χ2n) is 4.64. The molecular weight excluding hydrogens is 262 g/mol. The average Bonchev–Trinajstić information content (AvgIpc) is 2.85. The zero-order valence-electron chi connectivity index (χ0n) is 10.8. The molecule has 1 aliphatic rings. The summed E-state index contributed by atoms with van der Waals surface area (Å²) in [5, 5.41) is 8.66. The summed E-state index contributed by atoms with van der Waals surface area (Å²) >= 11 is 1.75. The second kappa shape index (κ2) is 6.82. The van der Waals surface area contributed by atoms with E-state index in [4.69, 9.17) is 15.6 Å². The number of aliphatic carboxylic acids is 1. The lowest BCUT2D eigenvalue weighted by Crippen LogP contribution is -2.30. The Bertz CT molecular complexity index is 450. The molecule has 0 spiro atoms. The van der Waals surface area contributed by atoms with Crippen molar-refractivity contribution in [2.75, 3.05) is 18.1 Å². The van der Waals surface area contributed by atoms with Gasteiger partial charge in [0.15, 0.2) is 0 Å². The predicted molar refractivity (Wildman–Crippen MR) is 76.9 cm³/mol. The van der Waals surface area contributed by atoms with Crippen LogP contribution in [0.5, 0.6) is 5.75 Å². The van der Waals surface area contributed by atoms with Crippen LogP contribution in [0, 0.1) is 0 Å². The third-order valence-corrected chi connectivity index (χ3v) is 4.20. The van der Waals surface area contributed by atoms with Gasteiger partial charge in [-0.3, -0.25) is 4.79 Å². The molecule has 104 valence electrons. The van der Waals surface area contributed by atoms with Gasteiger partial charge in [0.05, 0.1) is 6.61 Å². The number of ether oxygens (including phenoxy) is 1. The number of rotatable bonds is 7. The first-order valence-corrected chi connectivity index (χ1v) is 7.63. The molecule has 1 aromatic carbocycles. The summed E-state index contributed by atoms with van der Waals surface area (Å²) < 4.78 is 5.47. The van der Waals surface area contributed by atoms with Crippen molar-refractivity contribution in [2.45, 2.75) is 25.3 Å². The van der Waals surface area contributed by atoms with E-state index >= 15 is 0 Å². The molecular formula is C14H19NO3S. The van der Waals surface area contributed by atoms with Crippen LogP contribution in [0.15, 0.2) is 18.2 Å². The fourth-order valence-corrected chi connectivity index (χ4v) is 3.03. The Hall–Kier alpha value is -1.20. The fraction of sp³-hybridized carbons (Fsp3) is 0.500. The van der Waals surface area contributed by atoms with Crippen molar-refractivity contribution in [2.24, 2.45) is 5.73 Å². The van der Waals surface area contributed by atoms with E-state index in [1.807, 2.05) is 6.07 Å². The van der Waals surface area contributed by atoms with E-state index in [9.17, 15) is 4.79 Å². The minimum Gasteiger partial charge on any atom is -0.493 e. The summed E-state index contributed by atoms with van der Waals surface area (Å²) in [5.74, 6) is 1.89. The number of nitrogens with two attached hydrogens (primary N) is 1. The van der Waals surface area contributed by atoms with E-state index in [-0.39, 0.29) is 0 Å². The third-order valence-electron chi connectivity index (χ3n) is 3.18. The van der Waals surface area contributed by atoms with Gasteiger partial charge >= 0.3 is 5.97 Å². The summed E-state index contributed by atoms with van der Waals surface area (Å²) in [6.45, 7) is 0.792. The monoisotopic (exact) mass is 281 g/mol. The van der Waals surface area contributed by atoms with Gasteiger partial charge in [-0.2, -0.15) is 11.8 Å². The third kappa shape index (κ3) is 4.14. The lowest BCUT2D eigenvalue weighted by atomic mass is 10.1. The molecule has 0 saturated heterocycles. The number of hydrogen-bond donors (Lipinski definition) is 2. The van der Waals surface area contributed by atoms with Crippen molar-refractivity contribution < 1.29 is 14.6 Å². The topological polar surface area (TPSA) is 72.5 Å². The van der Waals surface area contributed by atoms with Crippen LogP contribution >= 0.6 is 11.8 Å². The summed E-state index contributed by atoms with van der Waals surface area (Å²) in [5.41, 5.74) is 8.06. The molecule has 2 rings (SSSR count). The number of benzene rings is 1. The van der Waals surface area contributed by atoms with Crippen molar-refractivity contribution in [1.29, 1.82) is 0 Å². The van der Waals surface area contributed by atoms with Crippen LogP contribution in [0.1, 0.15) is 17.5 Å². The van der Waals surface area contributed by atoms with Crippen LogP contribution in [0.3, 0.4) is 0 Å². The maximum atomic E-state index is 10.5. The van der Waals surface area contributed by atoms with Crippen LogP contribution in [0.2, 0.25) is 0 Å². The molecule has 0 saturated carbocycles. The Labute approximate surface area is 117 Å². The van der Waals surface area contributed by atoms with Crippen molar-refractivity contribution in [3.63, 3.8) is 0 Å². The summed E-state index contributed by atoms with van der Waals surface area (Å²) in [6.07, 6.45) is 2.53. The highest BCUT2D eigenvalue weighted by Gasteiger charge is 2.12. The minimum absolute atomic E-state index is 0.526. The van der Waals surface area contributed by atoms with E-state index in [0.717, 1.165) is 36.7 Å². The molecule has 19 heavy (non-hydrogen) atoms. The first-order chi connectivity index (χ1) is 9.16. The smallest absolute Gasteiger partial charge is 0.320 e. The maximum Gasteiger partial charge on any atom is 0.320 e. The second-order valence-corrected chi connectivity index (χ2v) is 5.86. The Kier molecular flexibility index (Phi) is 5.10. The summed E-state index contributed by atoms with van der Waals surface area (Å²) in [6, 6.07) is 5.63.